The van der Waals surface area contributed by atoms with E-state index in [1.54, 1.807) is 25.1 Å². The molecular formula is C24H20N6O. The van der Waals surface area contributed by atoms with E-state index in [2.05, 4.69) is 26.7 Å². The molecule has 152 valence electrons. The molecule has 7 heteroatoms. The van der Waals surface area contributed by atoms with E-state index in [1.807, 2.05) is 42.5 Å². The van der Waals surface area contributed by atoms with Crippen LogP contribution in [0, 0.1) is 11.3 Å². The van der Waals surface area contributed by atoms with Crippen molar-refractivity contribution in [3.63, 3.8) is 0 Å². The Morgan fingerprint density at radius 2 is 1.84 bits per heavy atom. The zero-order valence-electron chi connectivity index (χ0n) is 17.0. The largest absolute Gasteiger partial charge is 0.368 e. The maximum atomic E-state index is 11.8. The lowest BCUT2D eigenvalue weighted by Gasteiger charge is -2.12. The van der Waals surface area contributed by atoms with Crippen LogP contribution < -0.4 is 10.6 Å². The fourth-order valence-corrected chi connectivity index (χ4v) is 3.15. The average molecular weight is 408 g/mol. The number of hydrogen-bond donors (Lipinski definition) is 2. The lowest BCUT2D eigenvalue weighted by atomic mass is 10.1. The fourth-order valence-electron chi connectivity index (χ4n) is 3.15. The van der Waals surface area contributed by atoms with Gasteiger partial charge in [0.1, 0.15) is 17.7 Å². The van der Waals surface area contributed by atoms with Crippen LogP contribution >= 0.6 is 0 Å². The van der Waals surface area contributed by atoms with E-state index in [-0.39, 0.29) is 5.78 Å². The highest BCUT2D eigenvalue weighted by atomic mass is 16.1. The summed E-state index contributed by atoms with van der Waals surface area (Å²) in [5.74, 6) is 1.99. The molecule has 2 N–H and O–H groups in total. The molecule has 0 unspecified atom stereocenters. The Balaban J connectivity index is 1.54. The number of nitriles is 1. The average Bonchev–Trinajstić information content (AvgIpc) is 2.82. The predicted octanol–water partition coefficient (Wildman–Crippen LogP) is 4.29. The van der Waals surface area contributed by atoms with Gasteiger partial charge in [-0.3, -0.25) is 4.79 Å². The fraction of sp³-hybridized carbons (Fsp3) is 0.125. The molecule has 2 aromatic heterocycles. The summed E-state index contributed by atoms with van der Waals surface area (Å²) >= 11 is 0. The monoisotopic (exact) mass is 408 g/mol. The first-order valence-corrected chi connectivity index (χ1v) is 9.86. The highest BCUT2D eigenvalue weighted by molar-refractivity contribution is 5.95. The van der Waals surface area contributed by atoms with Crippen molar-refractivity contribution in [1.82, 2.24) is 15.0 Å². The van der Waals surface area contributed by atoms with Crippen LogP contribution in [0.25, 0.3) is 22.3 Å². The number of nitrogens with zero attached hydrogens (tertiary/aromatic N) is 4. The predicted molar refractivity (Wildman–Crippen MR) is 121 cm³/mol. The molecule has 0 saturated heterocycles. The third kappa shape index (κ3) is 4.65. The number of anilines is 2. The minimum atomic E-state index is 0.00322. The van der Waals surface area contributed by atoms with E-state index in [4.69, 9.17) is 10.2 Å². The number of fused-ring (bicyclic) bond motifs is 1. The maximum Gasteiger partial charge on any atom is 0.162 e. The first-order chi connectivity index (χ1) is 15.1. The summed E-state index contributed by atoms with van der Waals surface area (Å²) in [6, 6.07) is 20.7. The minimum Gasteiger partial charge on any atom is -0.368 e. The number of aromatic nitrogens is 3. The zero-order chi connectivity index (χ0) is 21.6. The third-order valence-electron chi connectivity index (χ3n) is 4.75. The van der Waals surface area contributed by atoms with Crippen molar-refractivity contribution in [2.75, 3.05) is 23.7 Å². The normalized spacial score (nSPS) is 10.5. The molecule has 2 heterocycles. The van der Waals surface area contributed by atoms with Gasteiger partial charge in [0, 0.05) is 35.8 Å². The molecule has 0 saturated carbocycles. The molecule has 0 aliphatic carbocycles. The standard InChI is InChI=1S/C24H20N6O/c1-16(31)18-5-4-6-19(13-18)23-29-21-8-3-2-7-20(21)24(30-23)27-12-11-26-22-10-9-17(14-25)15-28-22/h2-10,13,15H,11-12H2,1H3,(H,26,28)(H,27,29,30). The van der Waals surface area contributed by atoms with E-state index in [9.17, 15) is 4.79 Å². The number of nitrogens with one attached hydrogen (secondary N) is 2. The van der Waals surface area contributed by atoms with Gasteiger partial charge in [-0.25, -0.2) is 15.0 Å². The van der Waals surface area contributed by atoms with Crippen molar-refractivity contribution in [2.45, 2.75) is 6.92 Å². The van der Waals surface area contributed by atoms with Gasteiger partial charge < -0.3 is 10.6 Å². The van der Waals surface area contributed by atoms with Gasteiger partial charge in [0.2, 0.25) is 0 Å². The summed E-state index contributed by atoms with van der Waals surface area (Å²) in [6.07, 6.45) is 1.54. The molecule has 7 nitrogen and oxygen atoms in total. The van der Waals surface area contributed by atoms with Crippen LogP contribution in [0.2, 0.25) is 0 Å². The molecule has 4 rings (SSSR count). The van der Waals surface area contributed by atoms with Crippen LogP contribution in [0.4, 0.5) is 11.6 Å². The van der Waals surface area contributed by atoms with E-state index in [0.29, 0.717) is 35.9 Å². The number of ketones is 1. The van der Waals surface area contributed by atoms with Crippen molar-refractivity contribution in [2.24, 2.45) is 0 Å². The SMILES string of the molecule is CC(=O)c1cccc(-c2nc(NCCNc3ccc(C#N)cn3)c3ccccc3n2)c1. The number of para-hydroxylation sites is 1. The summed E-state index contributed by atoms with van der Waals surface area (Å²) in [7, 11) is 0. The third-order valence-corrected chi connectivity index (χ3v) is 4.75. The molecule has 0 aliphatic rings. The van der Waals surface area contributed by atoms with Crippen molar-refractivity contribution in [3.05, 3.63) is 78.0 Å². The van der Waals surface area contributed by atoms with Gasteiger partial charge in [-0.2, -0.15) is 5.26 Å². The number of rotatable bonds is 7. The van der Waals surface area contributed by atoms with E-state index < -0.39 is 0 Å². The van der Waals surface area contributed by atoms with E-state index in [1.165, 1.54) is 6.20 Å². The highest BCUT2D eigenvalue weighted by Gasteiger charge is 2.10. The lowest BCUT2D eigenvalue weighted by molar-refractivity contribution is 0.101. The Kier molecular flexibility index (Phi) is 5.81. The quantitative estimate of drug-likeness (QED) is 0.347. The summed E-state index contributed by atoms with van der Waals surface area (Å²) < 4.78 is 0. The molecule has 0 amide bonds. The van der Waals surface area contributed by atoms with Crippen molar-refractivity contribution >= 4 is 28.3 Å². The van der Waals surface area contributed by atoms with Crippen LogP contribution in [0.1, 0.15) is 22.8 Å². The van der Waals surface area contributed by atoms with Gasteiger partial charge in [0.05, 0.1) is 11.1 Å². The molecule has 2 aromatic carbocycles. The Labute approximate surface area is 179 Å². The first-order valence-electron chi connectivity index (χ1n) is 9.86. The summed E-state index contributed by atoms with van der Waals surface area (Å²) in [5, 5.41) is 16.4. The molecule has 0 radical (unpaired) electrons. The number of pyridine rings is 1. The Morgan fingerprint density at radius 3 is 2.61 bits per heavy atom. The van der Waals surface area contributed by atoms with E-state index in [0.717, 1.165) is 22.3 Å². The second kappa shape index (κ2) is 9.01. The number of benzene rings is 2. The van der Waals surface area contributed by atoms with Crippen LogP contribution in [-0.4, -0.2) is 33.8 Å². The first kappa shape index (κ1) is 20.0. The number of carbonyl (C=O) groups is 1. The van der Waals surface area contributed by atoms with Crippen LogP contribution in [-0.2, 0) is 0 Å². The van der Waals surface area contributed by atoms with Gasteiger partial charge in [-0.1, -0.05) is 30.3 Å². The van der Waals surface area contributed by atoms with Crippen LogP contribution in [0.5, 0.6) is 0 Å². The molecule has 0 fully saturated rings. The summed E-state index contributed by atoms with van der Waals surface area (Å²) in [4.78, 5) is 25.4. The summed E-state index contributed by atoms with van der Waals surface area (Å²) in [5.41, 5.74) is 2.77. The second-order valence-corrected chi connectivity index (χ2v) is 6.95. The van der Waals surface area contributed by atoms with Crippen molar-refractivity contribution in [3.8, 4) is 17.5 Å². The molecule has 31 heavy (non-hydrogen) atoms. The summed E-state index contributed by atoms with van der Waals surface area (Å²) in [6.45, 7) is 2.77. The number of carbonyl (C=O) groups excluding carboxylic acids is 1. The molecule has 4 aromatic rings. The smallest absolute Gasteiger partial charge is 0.162 e. The molecule has 0 spiro atoms. The number of Topliss-reactive ketones (excluding diaryl/α,β-unsaturated/α-hetero) is 1. The lowest BCUT2D eigenvalue weighted by Crippen LogP contribution is -2.15. The van der Waals surface area contributed by atoms with Crippen molar-refractivity contribution < 1.29 is 4.79 Å². The topological polar surface area (TPSA) is 104 Å². The van der Waals surface area contributed by atoms with Crippen LogP contribution in [0.15, 0.2) is 66.9 Å². The molecule has 0 bridgehead atoms. The van der Waals surface area contributed by atoms with Gasteiger partial charge >= 0.3 is 0 Å². The second-order valence-electron chi connectivity index (χ2n) is 6.95. The molecular weight excluding hydrogens is 388 g/mol. The van der Waals surface area contributed by atoms with Crippen LogP contribution in [0.3, 0.4) is 0 Å². The zero-order valence-corrected chi connectivity index (χ0v) is 17.0. The Bertz CT molecular complexity index is 1280. The Morgan fingerprint density at radius 1 is 1.00 bits per heavy atom. The van der Waals surface area contributed by atoms with Gasteiger partial charge in [-0.15, -0.1) is 0 Å². The maximum absolute atomic E-state index is 11.8. The van der Waals surface area contributed by atoms with Gasteiger partial charge in [0.15, 0.2) is 11.6 Å². The Hall–Kier alpha value is -4.31. The van der Waals surface area contributed by atoms with Crippen molar-refractivity contribution in [1.29, 1.82) is 5.26 Å². The van der Waals surface area contributed by atoms with E-state index >= 15 is 0 Å². The number of hydrogen-bond acceptors (Lipinski definition) is 7. The highest BCUT2D eigenvalue weighted by Crippen LogP contribution is 2.25. The molecule has 0 aliphatic heterocycles. The van der Waals surface area contributed by atoms with Gasteiger partial charge in [0.25, 0.3) is 0 Å². The molecule has 0 atom stereocenters. The van der Waals surface area contributed by atoms with Gasteiger partial charge in [-0.05, 0) is 37.3 Å². The minimum absolute atomic E-state index is 0.00322.